The van der Waals surface area contributed by atoms with E-state index in [1.165, 1.54) is 5.56 Å². The van der Waals surface area contributed by atoms with Crippen molar-refractivity contribution in [1.29, 1.82) is 0 Å². The lowest BCUT2D eigenvalue weighted by Gasteiger charge is -2.17. The Labute approximate surface area is 125 Å². The first kappa shape index (κ1) is 15.5. The molecule has 0 amide bonds. The molecule has 0 fully saturated rings. The Kier molecular flexibility index (Phi) is 5.72. The predicted octanol–water partition coefficient (Wildman–Crippen LogP) is 2.48. The van der Waals surface area contributed by atoms with Crippen molar-refractivity contribution in [3.63, 3.8) is 0 Å². The van der Waals surface area contributed by atoms with Crippen molar-refractivity contribution in [2.45, 2.75) is 26.0 Å². The smallest absolute Gasteiger partial charge is 0.119 e. The fourth-order valence-electron chi connectivity index (χ4n) is 1.94. The highest BCUT2D eigenvalue weighted by molar-refractivity contribution is 5.26. The molecular weight excluding hydrogens is 264 g/mol. The van der Waals surface area contributed by atoms with Crippen molar-refractivity contribution in [1.82, 2.24) is 10.3 Å². The molecule has 2 rings (SSSR count). The molecule has 0 aliphatic heterocycles. The van der Waals surface area contributed by atoms with Gasteiger partial charge in [-0.1, -0.05) is 23.8 Å². The van der Waals surface area contributed by atoms with Crippen molar-refractivity contribution in [3.8, 4) is 5.75 Å². The Balaban J connectivity index is 1.72. The summed E-state index contributed by atoms with van der Waals surface area (Å²) < 4.78 is 5.56. The minimum Gasteiger partial charge on any atom is -0.491 e. The van der Waals surface area contributed by atoms with Crippen molar-refractivity contribution in [2.24, 2.45) is 0 Å². The third-order valence-electron chi connectivity index (χ3n) is 3.25. The van der Waals surface area contributed by atoms with Crippen molar-refractivity contribution < 1.29 is 9.84 Å². The molecule has 2 N–H and O–H groups in total. The summed E-state index contributed by atoms with van der Waals surface area (Å²) >= 11 is 0. The second kappa shape index (κ2) is 7.76. The minimum absolute atomic E-state index is 0.0974. The lowest BCUT2D eigenvalue weighted by Crippen LogP contribution is -2.33. The zero-order chi connectivity index (χ0) is 15.1. The van der Waals surface area contributed by atoms with E-state index in [2.05, 4.69) is 10.3 Å². The average Bonchev–Trinajstić information content (AvgIpc) is 2.53. The largest absolute Gasteiger partial charge is 0.491 e. The summed E-state index contributed by atoms with van der Waals surface area (Å²) in [4.78, 5) is 4.28. The van der Waals surface area contributed by atoms with Gasteiger partial charge in [0, 0.05) is 18.8 Å². The summed E-state index contributed by atoms with van der Waals surface area (Å²) in [6.07, 6.45) is 1.21. The van der Waals surface area contributed by atoms with Gasteiger partial charge in [0.2, 0.25) is 0 Å². The molecule has 0 radical (unpaired) electrons. The topological polar surface area (TPSA) is 54.4 Å². The summed E-state index contributed by atoms with van der Waals surface area (Å²) in [7, 11) is 0. The molecule has 4 heteroatoms. The van der Waals surface area contributed by atoms with Crippen LogP contribution in [0.1, 0.15) is 24.2 Å². The molecule has 112 valence electrons. The first-order valence-corrected chi connectivity index (χ1v) is 7.17. The standard InChI is InChI=1S/C17H22N2O2/c1-13-6-8-16(9-7-13)21-12-15(20)11-19-14(2)17-5-3-4-10-18-17/h3-10,14-15,19-20H,11-12H2,1-2H3/t14-,15?/m0/s1. The van der Waals surface area contributed by atoms with Crippen LogP contribution in [-0.2, 0) is 0 Å². The van der Waals surface area contributed by atoms with Gasteiger partial charge in [-0.15, -0.1) is 0 Å². The van der Waals surface area contributed by atoms with Gasteiger partial charge in [0.1, 0.15) is 18.5 Å². The molecule has 0 aliphatic rings. The van der Waals surface area contributed by atoms with E-state index in [4.69, 9.17) is 4.74 Å². The third-order valence-corrected chi connectivity index (χ3v) is 3.25. The third kappa shape index (κ3) is 5.17. The van der Waals surface area contributed by atoms with Gasteiger partial charge in [0.05, 0.1) is 5.69 Å². The predicted molar refractivity (Wildman–Crippen MR) is 83.3 cm³/mol. The van der Waals surface area contributed by atoms with E-state index in [1.54, 1.807) is 6.20 Å². The highest BCUT2D eigenvalue weighted by Crippen LogP contribution is 2.12. The second-order valence-electron chi connectivity index (χ2n) is 5.16. The highest BCUT2D eigenvalue weighted by Gasteiger charge is 2.10. The van der Waals surface area contributed by atoms with Gasteiger partial charge >= 0.3 is 0 Å². The zero-order valence-corrected chi connectivity index (χ0v) is 12.5. The Morgan fingerprint density at radius 1 is 1.19 bits per heavy atom. The maximum atomic E-state index is 9.95. The van der Waals surface area contributed by atoms with Gasteiger partial charge in [-0.3, -0.25) is 4.98 Å². The quantitative estimate of drug-likeness (QED) is 0.821. The molecule has 0 spiro atoms. The van der Waals surface area contributed by atoms with E-state index in [0.717, 1.165) is 11.4 Å². The Bertz CT molecular complexity index is 528. The van der Waals surface area contributed by atoms with Crippen LogP contribution >= 0.6 is 0 Å². The number of nitrogens with zero attached hydrogens (tertiary/aromatic N) is 1. The lowest BCUT2D eigenvalue weighted by atomic mass is 10.2. The van der Waals surface area contributed by atoms with Gasteiger partial charge in [-0.25, -0.2) is 0 Å². The van der Waals surface area contributed by atoms with Gasteiger partial charge in [0.15, 0.2) is 0 Å². The van der Waals surface area contributed by atoms with Gasteiger partial charge in [0.25, 0.3) is 0 Å². The molecule has 1 aromatic carbocycles. The number of hydrogen-bond donors (Lipinski definition) is 2. The number of aromatic nitrogens is 1. The van der Waals surface area contributed by atoms with E-state index in [0.29, 0.717) is 6.54 Å². The summed E-state index contributed by atoms with van der Waals surface area (Å²) in [5, 5.41) is 13.2. The average molecular weight is 286 g/mol. The van der Waals surface area contributed by atoms with E-state index < -0.39 is 6.10 Å². The summed E-state index contributed by atoms with van der Waals surface area (Å²) in [6, 6.07) is 13.7. The van der Waals surface area contributed by atoms with Crippen LogP contribution in [0.5, 0.6) is 5.75 Å². The van der Waals surface area contributed by atoms with Crippen LogP contribution in [0, 0.1) is 6.92 Å². The van der Waals surface area contributed by atoms with Crippen LogP contribution in [0.15, 0.2) is 48.7 Å². The Morgan fingerprint density at radius 2 is 1.95 bits per heavy atom. The van der Waals surface area contributed by atoms with Crippen LogP contribution in [0.4, 0.5) is 0 Å². The van der Waals surface area contributed by atoms with Crippen LogP contribution in [0.3, 0.4) is 0 Å². The number of nitrogens with one attached hydrogen (secondary N) is 1. The van der Waals surface area contributed by atoms with Crippen molar-refractivity contribution in [3.05, 3.63) is 59.9 Å². The monoisotopic (exact) mass is 286 g/mol. The molecule has 21 heavy (non-hydrogen) atoms. The van der Waals surface area contributed by atoms with Crippen LogP contribution in [-0.4, -0.2) is 29.3 Å². The molecule has 0 bridgehead atoms. The Hall–Kier alpha value is -1.91. The van der Waals surface area contributed by atoms with E-state index >= 15 is 0 Å². The molecule has 2 atom stereocenters. The molecular formula is C17H22N2O2. The Morgan fingerprint density at radius 3 is 2.62 bits per heavy atom. The van der Waals surface area contributed by atoms with Crippen LogP contribution < -0.4 is 10.1 Å². The van der Waals surface area contributed by atoms with E-state index in [-0.39, 0.29) is 12.6 Å². The first-order valence-electron chi connectivity index (χ1n) is 7.17. The number of aryl methyl sites for hydroxylation is 1. The lowest BCUT2D eigenvalue weighted by molar-refractivity contribution is 0.104. The zero-order valence-electron chi connectivity index (χ0n) is 12.5. The molecule has 1 heterocycles. The molecule has 0 aliphatic carbocycles. The number of ether oxygens (including phenoxy) is 1. The van der Waals surface area contributed by atoms with Crippen molar-refractivity contribution >= 4 is 0 Å². The maximum Gasteiger partial charge on any atom is 0.119 e. The van der Waals surface area contributed by atoms with Gasteiger partial charge < -0.3 is 15.2 Å². The van der Waals surface area contributed by atoms with Crippen LogP contribution in [0.25, 0.3) is 0 Å². The van der Waals surface area contributed by atoms with E-state index in [9.17, 15) is 5.11 Å². The number of rotatable bonds is 7. The molecule has 0 saturated heterocycles. The number of benzene rings is 1. The molecule has 1 unspecified atom stereocenters. The fourth-order valence-corrected chi connectivity index (χ4v) is 1.94. The maximum absolute atomic E-state index is 9.95. The minimum atomic E-state index is -0.558. The molecule has 2 aromatic rings. The number of hydrogen-bond acceptors (Lipinski definition) is 4. The molecule has 0 saturated carbocycles. The summed E-state index contributed by atoms with van der Waals surface area (Å²) in [6.45, 7) is 4.78. The van der Waals surface area contributed by atoms with Crippen LogP contribution in [0.2, 0.25) is 0 Å². The summed E-state index contributed by atoms with van der Waals surface area (Å²) in [5.74, 6) is 0.775. The SMILES string of the molecule is Cc1ccc(OCC(O)CN[C@@H](C)c2ccccn2)cc1. The first-order chi connectivity index (χ1) is 10.1. The van der Waals surface area contributed by atoms with Crippen molar-refractivity contribution in [2.75, 3.05) is 13.2 Å². The van der Waals surface area contributed by atoms with E-state index in [1.807, 2.05) is 56.3 Å². The fraction of sp³-hybridized carbons (Fsp3) is 0.353. The second-order valence-corrected chi connectivity index (χ2v) is 5.16. The number of aliphatic hydroxyl groups is 1. The molecule has 1 aromatic heterocycles. The van der Waals surface area contributed by atoms with Gasteiger partial charge in [-0.2, -0.15) is 0 Å². The van der Waals surface area contributed by atoms with Gasteiger partial charge in [-0.05, 0) is 38.1 Å². The summed E-state index contributed by atoms with van der Waals surface area (Å²) in [5.41, 5.74) is 2.15. The number of aliphatic hydroxyl groups excluding tert-OH is 1. The number of pyridine rings is 1. The highest BCUT2D eigenvalue weighted by atomic mass is 16.5. The molecule has 4 nitrogen and oxygen atoms in total. The normalized spacial score (nSPS) is 13.7.